The Kier molecular flexibility index (Phi) is 4.32. The lowest BCUT2D eigenvalue weighted by Gasteiger charge is -2.22. The van der Waals surface area contributed by atoms with Crippen LogP contribution in [0, 0.1) is 13.8 Å². The number of amides is 1. The lowest BCUT2D eigenvalue weighted by atomic mass is 10.1. The average molecular weight is 331 g/mol. The molecule has 24 heavy (non-hydrogen) atoms. The fourth-order valence-electron chi connectivity index (χ4n) is 3.41. The summed E-state index contributed by atoms with van der Waals surface area (Å²) in [4.78, 5) is 25.7. The zero-order chi connectivity index (χ0) is 17.4. The third-order valence-electron chi connectivity index (χ3n) is 4.74. The van der Waals surface area contributed by atoms with Gasteiger partial charge in [0.2, 0.25) is 0 Å². The molecule has 128 valence electrons. The van der Waals surface area contributed by atoms with Crippen LogP contribution in [-0.4, -0.2) is 47.7 Å². The van der Waals surface area contributed by atoms with Crippen LogP contribution in [0.3, 0.4) is 0 Å². The molecular weight excluding hydrogens is 310 g/mol. The van der Waals surface area contributed by atoms with Gasteiger partial charge in [-0.05, 0) is 25.8 Å². The molecule has 1 aliphatic heterocycles. The van der Waals surface area contributed by atoms with Gasteiger partial charge in [0.1, 0.15) is 5.58 Å². The number of aryl methyl sites for hydroxylation is 2. The van der Waals surface area contributed by atoms with Crippen LogP contribution in [-0.2, 0) is 9.53 Å². The Morgan fingerprint density at radius 1 is 1.38 bits per heavy atom. The van der Waals surface area contributed by atoms with Crippen molar-refractivity contribution in [3.63, 3.8) is 0 Å². The van der Waals surface area contributed by atoms with Crippen molar-refractivity contribution in [1.29, 1.82) is 0 Å². The normalized spacial score (nSPS) is 20.7. The first-order valence-corrected chi connectivity index (χ1v) is 7.96. The Labute approximate surface area is 140 Å². The van der Waals surface area contributed by atoms with E-state index in [1.165, 1.54) is 0 Å². The van der Waals surface area contributed by atoms with Crippen molar-refractivity contribution in [3.8, 4) is 0 Å². The lowest BCUT2D eigenvalue weighted by molar-refractivity contribution is -0.138. The highest BCUT2D eigenvalue weighted by Gasteiger charge is 2.38. The number of carbonyl (C=O) groups excluding carboxylic acids is 1. The Morgan fingerprint density at radius 2 is 2.12 bits per heavy atom. The Morgan fingerprint density at radius 3 is 2.75 bits per heavy atom. The third-order valence-corrected chi connectivity index (χ3v) is 4.74. The van der Waals surface area contributed by atoms with E-state index >= 15 is 0 Å². The summed E-state index contributed by atoms with van der Waals surface area (Å²) in [5, 5.41) is 10.0. The maximum Gasteiger partial charge on any atom is 0.305 e. The third kappa shape index (κ3) is 2.78. The van der Waals surface area contributed by atoms with Gasteiger partial charge in [0.15, 0.2) is 5.76 Å². The summed E-state index contributed by atoms with van der Waals surface area (Å²) >= 11 is 0. The summed E-state index contributed by atoms with van der Waals surface area (Å²) < 4.78 is 11.2. The number of rotatable bonds is 4. The van der Waals surface area contributed by atoms with E-state index < -0.39 is 5.97 Å². The largest absolute Gasteiger partial charge is 0.481 e. The van der Waals surface area contributed by atoms with Crippen LogP contribution < -0.4 is 0 Å². The van der Waals surface area contributed by atoms with Gasteiger partial charge in [-0.15, -0.1) is 0 Å². The quantitative estimate of drug-likeness (QED) is 0.932. The molecule has 1 aromatic carbocycles. The van der Waals surface area contributed by atoms with Crippen LogP contribution in [0.15, 0.2) is 22.6 Å². The number of nitrogens with zero attached hydrogens (tertiary/aromatic N) is 1. The number of fused-ring (bicyclic) bond motifs is 1. The molecule has 1 saturated heterocycles. The molecule has 2 heterocycles. The van der Waals surface area contributed by atoms with Gasteiger partial charge in [0.25, 0.3) is 5.91 Å². The highest BCUT2D eigenvalue weighted by Crippen LogP contribution is 2.31. The summed E-state index contributed by atoms with van der Waals surface area (Å²) in [7, 11) is 1.58. The summed E-state index contributed by atoms with van der Waals surface area (Å²) in [6.07, 6.45) is 0.279. The predicted octanol–water partition coefficient (Wildman–Crippen LogP) is 2.75. The molecule has 0 spiro atoms. The van der Waals surface area contributed by atoms with E-state index in [0.717, 1.165) is 16.5 Å². The van der Waals surface area contributed by atoms with Gasteiger partial charge in [-0.1, -0.05) is 18.2 Å². The van der Waals surface area contributed by atoms with Gasteiger partial charge in [-0.3, -0.25) is 9.59 Å². The highest BCUT2D eigenvalue weighted by molar-refractivity contribution is 6.00. The molecule has 2 atom stereocenters. The number of furan rings is 1. The van der Waals surface area contributed by atoms with Crippen LogP contribution in [0.1, 0.15) is 34.5 Å². The van der Waals surface area contributed by atoms with Crippen LogP contribution in [0.5, 0.6) is 0 Å². The van der Waals surface area contributed by atoms with Gasteiger partial charge < -0.3 is 19.2 Å². The minimum absolute atomic E-state index is 0.0933. The molecule has 0 bridgehead atoms. The Bertz CT molecular complexity index is 794. The van der Waals surface area contributed by atoms with Crippen molar-refractivity contribution < 1.29 is 23.8 Å². The van der Waals surface area contributed by atoms with Crippen LogP contribution in [0.25, 0.3) is 11.0 Å². The van der Waals surface area contributed by atoms with E-state index in [4.69, 9.17) is 14.3 Å². The van der Waals surface area contributed by atoms with Crippen LogP contribution in [0.2, 0.25) is 0 Å². The Hall–Kier alpha value is -2.34. The zero-order valence-electron chi connectivity index (χ0n) is 14.0. The van der Waals surface area contributed by atoms with E-state index in [0.29, 0.717) is 18.5 Å². The molecule has 6 nitrogen and oxygen atoms in total. The van der Waals surface area contributed by atoms with Gasteiger partial charge in [0.05, 0.1) is 12.5 Å². The molecule has 0 aliphatic carbocycles. The van der Waals surface area contributed by atoms with Crippen molar-refractivity contribution in [3.05, 3.63) is 35.1 Å². The number of likely N-dealkylation sites (tertiary alicyclic amines) is 1. The fourth-order valence-corrected chi connectivity index (χ4v) is 3.41. The monoisotopic (exact) mass is 331 g/mol. The summed E-state index contributed by atoms with van der Waals surface area (Å²) in [6, 6.07) is 5.41. The molecule has 1 aromatic heterocycles. The van der Waals surface area contributed by atoms with Gasteiger partial charge in [-0.25, -0.2) is 0 Å². The molecule has 1 amide bonds. The second-order valence-corrected chi connectivity index (χ2v) is 6.31. The highest BCUT2D eigenvalue weighted by atomic mass is 16.5. The van der Waals surface area contributed by atoms with Crippen molar-refractivity contribution in [2.75, 3.05) is 13.7 Å². The van der Waals surface area contributed by atoms with Crippen molar-refractivity contribution in [1.82, 2.24) is 4.90 Å². The zero-order valence-corrected chi connectivity index (χ0v) is 14.0. The second-order valence-electron chi connectivity index (χ2n) is 6.31. The fraction of sp³-hybridized carbons (Fsp3) is 0.444. The molecule has 0 radical (unpaired) electrons. The maximum absolute atomic E-state index is 13.0. The smallest absolute Gasteiger partial charge is 0.305 e. The number of hydrogen-bond acceptors (Lipinski definition) is 4. The number of ether oxygens (including phenoxy) is 1. The summed E-state index contributed by atoms with van der Waals surface area (Å²) in [5.41, 5.74) is 2.46. The maximum atomic E-state index is 13.0. The standard InChI is InChI=1S/C18H21NO5/c1-10-5-4-6-14-11(2)17(24-16(10)14)18(22)19-9-13(23-3)7-12(19)8-15(20)21/h4-6,12-13H,7-9H2,1-3H3,(H,20,21). The van der Waals surface area contributed by atoms with E-state index in [2.05, 4.69) is 0 Å². The SMILES string of the molecule is COC1CC(CC(=O)O)N(C(=O)c2oc3c(C)cccc3c2C)C1. The van der Waals surface area contributed by atoms with Crippen LogP contribution >= 0.6 is 0 Å². The molecule has 6 heteroatoms. The molecule has 1 fully saturated rings. The number of carboxylic acids is 1. The van der Waals surface area contributed by atoms with E-state index in [9.17, 15) is 9.59 Å². The molecule has 1 N–H and O–H groups in total. The minimum atomic E-state index is -0.924. The van der Waals surface area contributed by atoms with Gasteiger partial charge >= 0.3 is 5.97 Å². The second kappa shape index (κ2) is 6.28. The summed E-state index contributed by atoms with van der Waals surface area (Å²) in [6.45, 7) is 4.17. The predicted molar refractivity (Wildman–Crippen MR) is 88.2 cm³/mol. The summed E-state index contributed by atoms with van der Waals surface area (Å²) in [5.74, 6) is -0.910. The first-order chi connectivity index (χ1) is 11.4. The van der Waals surface area contributed by atoms with E-state index in [1.54, 1.807) is 12.0 Å². The lowest BCUT2D eigenvalue weighted by Crippen LogP contribution is -2.37. The molecule has 3 rings (SSSR count). The van der Waals surface area contributed by atoms with Gasteiger partial charge in [0, 0.05) is 30.6 Å². The minimum Gasteiger partial charge on any atom is -0.481 e. The van der Waals surface area contributed by atoms with E-state index in [-0.39, 0.29) is 30.2 Å². The number of hydrogen-bond donors (Lipinski definition) is 1. The number of carbonyl (C=O) groups is 2. The first kappa shape index (κ1) is 16.5. The van der Waals surface area contributed by atoms with Crippen molar-refractivity contribution >= 4 is 22.8 Å². The van der Waals surface area contributed by atoms with E-state index in [1.807, 2.05) is 32.0 Å². The topological polar surface area (TPSA) is 80.0 Å². The van der Waals surface area contributed by atoms with Crippen LogP contribution in [0.4, 0.5) is 0 Å². The molecular formula is C18H21NO5. The average Bonchev–Trinajstić information content (AvgIpc) is 3.09. The number of aliphatic carboxylic acids is 1. The van der Waals surface area contributed by atoms with Crippen molar-refractivity contribution in [2.45, 2.75) is 38.8 Å². The van der Waals surface area contributed by atoms with Gasteiger partial charge in [-0.2, -0.15) is 0 Å². The van der Waals surface area contributed by atoms with Crippen molar-refractivity contribution in [2.24, 2.45) is 0 Å². The first-order valence-electron chi connectivity index (χ1n) is 7.96. The molecule has 2 unspecified atom stereocenters. The molecule has 0 saturated carbocycles. The Balaban J connectivity index is 1.96. The number of benzene rings is 1. The molecule has 1 aliphatic rings. The molecule has 2 aromatic rings. The number of methoxy groups -OCH3 is 1. The number of para-hydroxylation sites is 1. The number of carboxylic acid groups (broad SMARTS) is 1.